The van der Waals surface area contributed by atoms with Gasteiger partial charge in [0.1, 0.15) is 5.01 Å². The Morgan fingerprint density at radius 2 is 2.12 bits per heavy atom. The van der Waals surface area contributed by atoms with E-state index in [1.54, 1.807) is 7.11 Å². The molecule has 1 heterocycles. The van der Waals surface area contributed by atoms with Gasteiger partial charge in [0, 0.05) is 31.1 Å². The Bertz CT molecular complexity index is 673. The Morgan fingerprint density at radius 1 is 1.38 bits per heavy atom. The van der Waals surface area contributed by atoms with Gasteiger partial charge >= 0.3 is 0 Å². The first-order chi connectivity index (χ1) is 11.5. The first kappa shape index (κ1) is 18.9. The summed E-state index contributed by atoms with van der Waals surface area (Å²) in [5.74, 6) is 0.497. The third kappa shape index (κ3) is 5.30. The number of aromatic nitrogens is 1. The van der Waals surface area contributed by atoms with E-state index in [0.717, 1.165) is 22.8 Å². The topological polar surface area (TPSA) is 42.4 Å². The molecule has 0 aliphatic rings. The van der Waals surface area contributed by atoms with Gasteiger partial charge in [-0.2, -0.15) is 0 Å². The number of amides is 1. The van der Waals surface area contributed by atoms with Crippen LogP contribution in [0.5, 0.6) is 0 Å². The fourth-order valence-electron chi connectivity index (χ4n) is 2.37. The largest absolute Gasteiger partial charge is 0.383 e. The predicted octanol–water partition coefficient (Wildman–Crippen LogP) is 4.14. The fourth-order valence-corrected chi connectivity index (χ4v) is 3.51. The summed E-state index contributed by atoms with van der Waals surface area (Å²) < 4.78 is 5.11. The Morgan fingerprint density at radius 3 is 2.79 bits per heavy atom. The van der Waals surface area contributed by atoms with E-state index in [1.165, 1.54) is 11.3 Å². The second-order valence-electron chi connectivity index (χ2n) is 6.03. The summed E-state index contributed by atoms with van der Waals surface area (Å²) in [6.45, 7) is 6.08. The minimum Gasteiger partial charge on any atom is -0.383 e. The highest BCUT2D eigenvalue weighted by Crippen LogP contribution is 2.30. The summed E-state index contributed by atoms with van der Waals surface area (Å²) in [7, 11) is 1.65. The zero-order valence-corrected chi connectivity index (χ0v) is 15.9. The quantitative estimate of drug-likeness (QED) is 0.705. The Labute approximate surface area is 152 Å². The number of halogens is 1. The first-order valence-electron chi connectivity index (χ1n) is 7.97. The third-order valence-corrected chi connectivity index (χ3v) is 4.75. The highest BCUT2D eigenvalue weighted by molar-refractivity contribution is 7.13. The van der Waals surface area contributed by atoms with Crippen LogP contribution in [0.1, 0.15) is 19.5 Å². The molecule has 130 valence electrons. The molecule has 0 saturated carbocycles. The lowest BCUT2D eigenvalue weighted by atomic mass is 10.2. The van der Waals surface area contributed by atoms with Crippen LogP contribution in [0.3, 0.4) is 0 Å². The van der Waals surface area contributed by atoms with Crippen molar-refractivity contribution in [2.75, 3.05) is 26.8 Å². The molecule has 2 aromatic rings. The van der Waals surface area contributed by atoms with Gasteiger partial charge in [-0.25, -0.2) is 4.98 Å². The zero-order chi connectivity index (χ0) is 17.5. The molecule has 0 spiro atoms. The average Bonchev–Trinajstić information content (AvgIpc) is 2.99. The van der Waals surface area contributed by atoms with Crippen LogP contribution in [0.4, 0.5) is 0 Å². The molecule has 0 aliphatic heterocycles. The van der Waals surface area contributed by atoms with Gasteiger partial charge in [-0.05, 0) is 12.0 Å². The molecule has 1 aromatic heterocycles. The molecule has 2 rings (SSSR count). The number of carbonyl (C=O) groups excluding carboxylic acids is 1. The van der Waals surface area contributed by atoms with Gasteiger partial charge in [0.25, 0.3) is 0 Å². The summed E-state index contributed by atoms with van der Waals surface area (Å²) in [6, 6.07) is 7.61. The normalized spacial score (nSPS) is 11.0. The molecule has 1 amide bonds. The van der Waals surface area contributed by atoms with Crippen molar-refractivity contribution in [1.29, 1.82) is 0 Å². The molecule has 0 radical (unpaired) electrons. The van der Waals surface area contributed by atoms with Crippen LogP contribution in [0.25, 0.3) is 10.6 Å². The van der Waals surface area contributed by atoms with E-state index in [2.05, 4.69) is 18.8 Å². The van der Waals surface area contributed by atoms with Crippen LogP contribution in [0.2, 0.25) is 5.02 Å². The van der Waals surface area contributed by atoms with Gasteiger partial charge in [-0.15, -0.1) is 11.3 Å². The minimum absolute atomic E-state index is 0.0803. The van der Waals surface area contributed by atoms with Crippen LogP contribution < -0.4 is 0 Å². The van der Waals surface area contributed by atoms with Crippen molar-refractivity contribution in [2.45, 2.75) is 20.3 Å². The lowest BCUT2D eigenvalue weighted by Crippen LogP contribution is -2.37. The average molecular weight is 367 g/mol. The van der Waals surface area contributed by atoms with E-state index in [4.69, 9.17) is 16.3 Å². The van der Waals surface area contributed by atoms with Gasteiger partial charge in [-0.3, -0.25) is 4.79 Å². The molecular weight excluding hydrogens is 344 g/mol. The van der Waals surface area contributed by atoms with Crippen molar-refractivity contribution in [3.63, 3.8) is 0 Å². The number of thiazole rings is 1. The van der Waals surface area contributed by atoms with Crippen LogP contribution >= 0.6 is 22.9 Å². The summed E-state index contributed by atoms with van der Waals surface area (Å²) in [5, 5.41) is 3.45. The Hall–Kier alpha value is -1.43. The van der Waals surface area contributed by atoms with Crippen molar-refractivity contribution >= 4 is 28.8 Å². The molecule has 0 unspecified atom stereocenters. The highest BCUT2D eigenvalue weighted by Gasteiger charge is 2.17. The van der Waals surface area contributed by atoms with Crippen molar-refractivity contribution in [1.82, 2.24) is 9.88 Å². The van der Waals surface area contributed by atoms with Gasteiger partial charge in [-0.1, -0.05) is 43.6 Å². The Kier molecular flexibility index (Phi) is 7.21. The van der Waals surface area contributed by atoms with E-state index >= 15 is 0 Å². The lowest BCUT2D eigenvalue weighted by Gasteiger charge is -2.24. The maximum Gasteiger partial charge on any atom is 0.228 e. The number of hydrogen-bond donors (Lipinski definition) is 0. The van der Waals surface area contributed by atoms with Gasteiger partial charge < -0.3 is 9.64 Å². The summed E-state index contributed by atoms with van der Waals surface area (Å²) in [5.41, 5.74) is 1.69. The smallest absolute Gasteiger partial charge is 0.228 e. The van der Waals surface area contributed by atoms with Crippen LogP contribution in [-0.4, -0.2) is 42.6 Å². The number of nitrogens with zero attached hydrogens (tertiary/aromatic N) is 2. The number of methoxy groups -OCH3 is 1. The van der Waals surface area contributed by atoms with E-state index < -0.39 is 0 Å². The van der Waals surface area contributed by atoms with Crippen LogP contribution in [0, 0.1) is 5.92 Å². The Balaban J connectivity index is 2.07. The van der Waals surface area contributed by atoms with Crippen LogP contribution in [0.15, 0.2) is 29.6 Å². The molecule has 6 heteroatoms. The van der Waals surface area contributed by atoms with Crippen molar-refractivity contribution in [3.8, 4) is 10.6 Å². The molecule has 24 heavy (non-hydrogen) atoms. The zero-order valence-electron chi connectivity index (χ0n) is 14.3. The van der Waals surface area contributed by atoms with E-state index in [1.807, 2.05) is 34.5 Å². The molecule has 0 N–H and O–H groups in total. The second-order valence-corrected chi connectivity index (χ2v) is 7.29. The number of benzene rings is 1. The summed E-state index contributed by atoms with van der Waals surface area (Å²) >= 11 is 7.73. The number of rotatable bonds is 8. The summed E-state index contributed by atoms with van der Waals surface area (Å²) in [6.07, 6.45) is 0.303. The number of hydrogen-bond acceptors (Lipinski definition) is 4. The molecule has 4 nitrogen and oxygen atoms in total. The SMILES string of the molecule is COCCN(CC(C)C)C(=O)Cc1csc(-c2ccccc2Cl)n1. The van der Waals surface area contributed by atoms with Gasteiger partial charge in [0.2, 0.25) is 5.91 Å². The molecule has 0 bridgehead atoms. The first-order valence-corrected chi connectivity index (χ1v) is 9.23. The number of ether oxygens (including phenoxy) is 1. The predicted molar refractivity (Wildman–Crippen MR) is 99.6 cm³/mol. The van der Waals surface area contributed by atoms with Gasteiger partial charge in [0.15, 0.2) is 0 Å². The molecule has 0 fully saturated rings. The maximum atomic E-state index is 12.6. The minimum atomic E-state index is 0.0803. The second kappa shape index (κ2) is 9.16. The van der Waals surface area contributed by atoms with Crippen LogP contribution in [-0.2, 0) is 16.0 Å². The molecule has 1 aromatic carbocycles. The molecular formula is C18H23ClN2O2S. The van der Waals surface area contributed by atoms with E-state index in [9.17, 15) is 4.79 Å². The van der Waals surface area contributed by atoms with E-state index in [-0.39, 0.29) is 5.91 Å². The van der Waals surface area contributed by atoms with Crippen molar-refractivity contribution in [2.24, 2.45) is 5.92 Å². The standard InChI is InChI=1S/C18H23ClN2O2S/c1-13(2)11-21(8-9-23-3)17(22)10-14-12-24-18(20-14)15-6-4-5-7-16(15)19/h4-7,12-13H,8-11H2,1-3H3. The van der Waals surface area contributed by atoms with Gasteiger partial charge in [0.05, 0.1) is 23.7 Å². The fraction of sp³-hybridized carbons (Fsp3) is 0.444. The number of carbonyl (C=O) groups is 1. The van der Waals surface area contributed by atoms with Crippen molar-refractivity contribution in [3.05, 3.63) is 40.4 Å². The maximum absolute atomic E-state index is 12.6. The third-order valence-electron chi connectivity index (χ3n) is 3.49. The molecule has 0 aliphatic carbocycles. The van der Waals surface area contributed by atoms with Crippen molar-refractivity contribution < 1.29 is 9.53 Å². The highest BCUT2D eigenvalue weighted by atomic mass is 35.5. The summed E-state index contributed by atoms with van der Waals surface area (Å²) in [4.78, 5) is 19.0. The lowest BCUT2D eigenvalue weighted by molar-refractivity contribution is -0.131. The van der Waals surface area contributed by atoms with E-state index in [0.29, 0.717) is 30.5 Å². The monoisotopic (exact) mass is 366 g/mol. The molecule has 0 atom stereocenters. The molecule has 0 saturated heterocycles.